The minimum absolute atomic E-state index is 0.271. The molecular formula is C5H3NO3. The number of rotatable bonds is 0. The molecule has 0 bridgehead atoms. The van der Waals surface area contributed by atoms with Crippen molar-refractivity contribution in [2.45, 2.75) is 0 Å². The molecule has 0 radical (unpaired) electrons. The van der Waals surface area contributed by atoms with Gasteiger partial charge in [0.1, 0.15) is 12.3 Å². The van der Waals surface area contributed by atoms with Crippen LogP contribution in [0, 0.1) is 11.3 Å². The number of hydrogen-bond donors (Lipinski definition) is 2. The van der Waals surface area contributed by atoms with Gasteiger partial charge < -0.3 is 14.6 Å². The van der Waals surface area contributed by atoms with Crippen LogP contribution in [0.25, 0.3) is 0 Å². The third-order valence-corrected chi connectivity index (χ3v) is 0.848. The smallest absolute Gasteiger partial charge is 0.249 e. The first-order chi connectivity index (χ1) is 4.25. The molecule has 0 aromatic carbocycles. The van der Waals surface area contributed by atoms with Gasteiger partial charge in [0.15, 0.2) is 5.75 Å². The van der Waals surface area contributed by atoms with Gasteiger partial charge in [-0.15, -0.1) is 0 Å². The van der Waals surface area contributed by atoms with Crippen molar-refractivity contribution < 1.29 is 14.6 Å². The quantitative estimate of drug-likeness (QED) is 0.531. The van der Waals surface area contributed by atoms with Crippen LogP contribution in [0.15, 0.2) is 10.7 Å². The Morgan fingerprint density at radius 3 is 2.44 bits per heavy atom. The van der Waals surface area contributed by atoms with Crippen LogP contribution in [0.5, 0.6) is 11.5 Å². The Kier molecular flexibility index (Phi) is 1.04. The Balaban J connectivity index is 3.24. The third kappa shape index (κ3) is 0.681. The monoisotopic (exact) mass is 125 g/mol. The molecule has 9 heavy (non-hydrogen) atoms. The summed E-state index contributed by atoms with van der Waals surface area (Å²) in [5.41, 5.74) is 0. The zero-order chi connectivity index (χ0) is 6.85. The van der Waals surface area contributed by atoms with Crippen molar-refractivity contribution in [1.29, 1.82) is 5.26 Å². The van der Waals surface area contributed by atoms with Gasteiger partial charge in [0.2, 0.25) is 11.5 Å². The third-order valence-electron chi connectivity index (χ3n) is 0.848. The molecule has 1 heterocycles. The predicted octanol–water partition coefficient (Wildman–Crippen LogP) is 0.562. The lowest BCUT2D eigenvalue weighted by atomic mass is 10.4. The zero-order valence-corrected chi connectivity index (χ0v) is 4.33. The minimum Gasteiger partial charge on any atom is -0.502 e. The number of nitrogens with zero attached hydrogens (tertiary/aromatic N) is 1. The average molecular weight is 125 g/mol. The molecule has 1 aromatic rings. The van der Waals surface area contributed by atoms with Gasteiger partial charge in [0.25, 0.3) is 0 Å². The second kappa shape index (κ2) is 1.71. The molecule has 0 aliphatic rings. The normalized spacial score (nSPS) is 8.78. The molecular weight excluding hydrogens is 122 g/mol. The number of nitriles is 1. The lowest BCUT2D eigenvalue weighted by Gasteiger charge is -1.80. The molecule has 46 valence electrons. The van der Waals surface area contributed by atoms with E-state index in [9.17, 15) is 0 Å². The molecule has 0 saturated heterocycles. The summed E-state index contributed by atoms with van der Waals surface area (Å²) in [5, 5.41) is 25.4. The van der Waals surface area contributed by atoms with Gasteiger partial charge in [0.05, 0.1) is 0 Å². The van der Waals surface area contributed by atoms with E-state index in [0.29, 0.717) is 0 Å². The highest BCUT2D eigenvalue weighted by molar-refractivity contribution is 5.44. The molecule has 0 aliphatic carbocycles. The summed E-state index contributed by atoms with van der Waals surface area (Å²) in [7, 11) is 0. The maximum Gasteiger partial charge on any atom is 0.249 e. The van der Waals surface area contributed by atoms with Crippen LogP contribution in [-0.2, 0) is 0 Å². The van der Waals surface area contributed by atoms with Crippen LogP contribution < -0.4 is 0 Å². The van der Waals surface area contributed by atoms with Crippen molar-refractivity contribution >= 4 is 0 Å². The van der Waals surface area contributed by atoms with Crippen LogP contribution >= 0.6 is 0 Å². The minimum atomic E-state index is -0.502. The predicted molar refractivity (Wildman–Crippen MR) is 26.8 cm³/mol. The van der Waals surface area contributed by atoms with E-state index in [4.69, 9.17) is 15.5 Å². The van der Waals surface area contributed by atoms with Crippen LogP contribution in [-0.4, -0.2) is 10.2 Å². The largest absolute Gasteiger partial charge is 0.502 e. The van der Waals surface area contributed by atoms with Crippen LogP contribution in [0.3, 0.4) is 0 Å². The van der Waals surface area contributed by atoms with E-state index in [1.54, 1.807) is 0 Å². The van der Waals surface area contributed by atoms with Crippen molar-refractivity contribution in [3.8, 4) is 17.6 Å². The molecule has 0 atom stereocenters. The van der Waals surface area contributed by atoms with Gasteiger partial charge in [-0.3, -0.25) is 0 Å². The second-order valence-electron chi connectivity index (χ2n) is 1.41. The molecule has 0 amide bonds. The number of furan rings is 1. The van der Waals surface area contributed by atoms with Crippen molar-refractivity contribution in [3.63, 3.8) is 0 Å². The van der Waals surface area contributed by atoms with Crippen LogP contribution in [0.2, 0.25) is 0 Å². The fourth-order valence-corrected chi connectivity index (χ4v) is 0.422. The lowest BCUT2D eigenvalue weighted by Crippen LogP contribution is -1.63. The molecule has 4 heteroatoms. The van der Waals surface area contributed by atoms with E-state index < -0.39 is 11.5 Å². The fourth-order valence-electron chi connectivity index (χ4n) is 0.422. The average Bonchev–Trinajstić information content (AvgIpc) is 2.15. The molecule has 0 fully saturated rings. The standard InChI is InChI=1S/C5H3NO3/c6-1-4-5(8)3(7)2-9-4/h2,7-8H. The maximum atomic E-state index is 8.67. The van der Waals surface area contributed by atoms with Gasteiger partial charge in [0, 0.05) is 0 Å². The summed E-state index contributed by atoms with van der Waals surface area (Å²) >= 11 is 0. The van der Waals surface area contributed by atoms with Gasteiger partial charge in [-0.25, -0.2) is 0 Å². The van der Waals surface area contributed by atoms with Gasteiger partial charge >= 0.3 is 0 Å². The summed E-state index contributed by atoms with van der Waals surface area (Å²) in [5.74, 6) is -1.18. The zero-order valence-electron chi connectivity index (χ0n) is 4.33. The van der Waals surface area contributed by atoms with Gasteiger partial charge in [-0.2, -0.15) is 5.26 Å². The number of hydrogen-bond acceptors (Lipinski definition) is 4. The van der Waals surface area contributed by atoms with Crippen molar-refractivity contribution in [3.05, 3.63) is 12.0 Å². The molecule has 4 nitrogen and oxygen atoms in total. The molecule has 0 unspecified atom stereocenters. The topological polar surface area (TPSA) is 77.4 Å². The molecule has 0 saturated carbocycles. The highest BCUT2D eigenvalue weighted by atomic mass is 16.4. The summed E-state index contributed by atoms with van der Waals surface area (Å²) in [6.07, 6.45) is 0.897. The Bertz CT molecular complexity index is 258. The first-order valence-electron chi connectivity index (χ1n) is 2.15. The highest BCUT2D eigenvalue weighted by Crippen LogP contribution is 2.29. The second-order valence-corrected chi connectivity index (χ2v) is 1.41. The first kappa shape index (κ1) is 5.51. The van der Waals surface area contributed by atoms with Crippen LogP contribution in [0.4, 0.5) is 0 Å². The number of aromatic hydroxyl groups is 2. The van der Waals surface area contributed by atoms with E-state index in [-0.39, 0.29) is 5.76 Å². The van der Waals surface area contributed by atoms with E-state index in [1.807, 2.05) is 0 Å². The van der Waals surface area contributed by atoms with E-state index >= 15 is 0 Å². The SMILES string of the molecule is N#Cc1occ(O)c1O. The van der Waals surface area contributed by atoms with Crippen molar-refractivity contribution in [1.82, 2.24) is 0 Å². The first-order valence-corrected chi connectivity index (χ1v) is 2.15. The summed E-state index contributed by atoms with van der Waals surface area (Å²) in [6, 6.07) is 1.54. The Morgan fingerprint density at radius 1 is 1.56 bits per heavy atom. The molecule has 1 aromatic heterocycles. The molecule has 2 N–H and O–H groups in total. The maximum absolute atomic E-state index is 8.67. The van der Waals surface area contributed by atoms with Gasteiger partial charge in [-0.1, -0.05) is 0 Å². The summed E-state index contributed by atoms with van der Waals surface area (Å²) in [4.78, 5) is 0. The highest BCUT2D eigenvalue weighted by Gasteiger charge is 2.08. The van der Waals surface area contributed by atoms with Crippen LogP contribution in [0.1, 0.15) is 5.76 Å². The summed E-state index contributed by atoms with van der Waals surface area (Å²) in [6.45, 7) is 0. The fraction of sp³-hybridized carbons (Fsp3) is 0. The summed E-state index contributed by atoms with van der Waals surface area (Å²) < 4.78 is 4.38. The van der Waals surface area contributed by atoms with E-state index in [0.717, 1.165) is 6.26 Å². The van der Waals surface area contributed by atoms with Crippen molar-refractivity contribution in [2.24, 2.45) is 0 Å². The van der Waals surface area contributed by atoms with E-state index in [1.165, 1.54) is 6.07 Å². The molecule has 0 aliphatic heterocycles. The van der Waals surface area contributed by atoms with E-state index in [2.05, 4.69) is 4.42 Å². The van der Waals surface area contributed by atoms with Gasteiger partial charge in [-0.05, 0) is 0 Å². The Morgan fingerprint density at radius 2 is 2.22 bits per heavy atom. The Labute approximate surface area is 50.6 Å². The Hall–Kier alpha value is -1.63. The molecule has 1 rings (SSSR count). The lowest BCUT2D eigenvalue weighted by molar-refractivity contribution is 0.406. The van der Waals surface area contributed by atoms with Crippen molar-refractivity contribution in [2.75, 3.05) is 0 Å². The molecule has 0 spiro atoms.